The molecule has 0 unspecified atom stereocenters. The van der Waals surface area contributed by atoms with E-state index in [9.17, 15) is 18.0 Å². The molecule has 0 radical (unpaired) electrons. The molecule has 3 aliphatic heterocycles. The van der Waals surface area contributed by atoms with Crippen molar-refractivity contribution in [3.63, 3.8) is 0 Å². The maximum absolute atomic E-state index is 13.3. The highest BCUT2D eigenvalue weighted by atomic mass is 19.4. The van der Waals surface area contributed by atoms with Gasteiger partial charge in [0.05, 0.1) is 24.9 Å². The Hall–Kier alpha value is -2.76. The number of ether oxygens (including phenoxy) is 2. The molecule has 3 saturated heterocycles. The van der Waals surface area contributed by atoms with Crippen molar-refractivity contribution < 1.29 is 27.4 Å². The van der Waals surface area contributed by atoms with Crippen LogP contribution in [0.5, 0.6) is 0 Å². The minimum Gasteiger partial charge on any atom is -0.379 e. The largest absolute Gasteiger partial charge is 0.416 e. The fraction of sp³-hybridized carbons (Fsp3) is 0.560. The molecule has 2 aromatic rings. The number of nitrogens with zero attached hydrogens (tertiary/aromatic N) is 4. The van der Waals surface area contributed by atoms with Gasteiger partial charge < -0.3 is 19.7 Å². The van der Waals surface area contributed by atoms with E-state index in [1.54, 1.807) is 6.92 Å². The third-order valence-corrected chi connectivity index (χ3v) is 7.34. The molecule has 0 saturated carbocycles. The summed E-state index contributed by atoms with van der Waals surface area (Å²) >= 11 is 0. The van der Waals surface area contributed by atoms with Gasteiger partial charge in [-0.1, -0.05) is 6.07 Å². The minimum atomic E-state index is -4.45. The van der Waals surface area contributed by atoms with E-state index in [1.165, 1.54) is 18.5 Å². The van der Waals surface area contributed by atoms with Crippen LogP contribution in [0, 0.1) is 6.92 Å². The second-order valence-corrected chi connectivity index (χ2v) is 9.50. The van der Waals surface area contributed by atoms with Gasteiger partial charge in [-0.25, -0.2) is 9.97 Å². The van der Waals surface area contributed by atoms with E-state index in [0.29, 0.717) is 49.8 Å². The van der Waals surface area contributed by atoms with Crippen molar-refractivity contribution in [2.75, 3.05) is 44.8 Å². The quantitative estimate of drug-likeness (QED) is 0.680. The number of aromatic nitrogens is 2. The Bertz CT molecular complexity index is 1090. The number of amides is 1. The number of carbonyl (C=O) groups is 1. The SMILES string of the molecule is Cc1c(Nc2cccc(C(F)(F)F)c2)ncnc1C(=O)N1CCC(N2CCO[C@H]3COCC[C@H]32)CC1. The lowest BCUT2D eigenvalue weighted by atomic mass is 9.95. The minimum absolute atomic E-state index is 0.124. The second kappa shape index (κ2) is 10.3. The number of alkyl halides is 3. The molecule has 4 heterocycles. The van der Waals surface area contributed by atoms with Crippen LogP contribution in [0.3, 0.4) is 0 Å². The molecule has 1 amide bonds. The number of rotatable bonds is 4. The van der Waals surface area contributed by atoms with Crippen molar-refractivity contribution in [1.29, 1.82) is 0 Å². The summed E-state index contributed by atoms with van der Waals surface area (Å²) in [6.45, 7) is 5.93. The number of halogens is 3. The fourth-order valence-corrected chi connectivity index (χ4v) is 5.42. The zero-order chi connectivity index (χ0) is 25.3. The highest BCUT2D eigenvalue weighted by Crippen LogP contribution is 2.32. The summed E-state index contributed by atoms with van der Waals surface area (Å²) in [5, 5.41) is 2.91. The van der Waals surface area contributed by atoms with Crippen molar-refractivity contribution in [2.45, 2.75) is 50.6 Å². The smallest absolute Gasteiger partial charge is 0.379 e. The Labute approximate surface area is 207 Å². The normalized spacial score (nSPS) is 23.8. The topological polar surface area (TPSA) is 79.8 Å². The van der Waals surface area contributed by atoms with Crippen LogP contribution in [0.25, 0.3) is 0 Å². The Balaban J connectivity index is 1.24. The van der Waals surface area contributed by atoms with Crippen LogP contribution in [0.2, 0.25) is 0 Å². The summed E-state index contributed by atoms with van der Waals surface area (Å²) in [6.07, 6.45) is -0.352. The predicted molar refractivity (Wildman–Crippen MR) is 126 cm³/mol. The first-order chi connectivity index (χ1) is 17.3. The fourth-order valence-electron chi connectivity index (χ4n) is 5.42. The lowest BCUT2D eigenvalue weighted by Crippen LogP contribution is -2.60. The zero-order valence-electron chi connectivity index (χ0n) is 20.1. The zero-order valence-corrected chi connectivity index (χ0v) is 20.1. The lowest BCUT2D eigenvalue weighted by molar-refractivity contribution is -0.148. The molecule has 2 atom stereocenters. The summed E-state index contributed by atoms with van der Waals surface area (Å²) < 4.78 is 50.7. The van der Waals surface area contributed by atoms with Crippen LogP contribution >= 0.6 is 0 Å². The molecule has 1 N–H and O–H groups in total. The number of piperidine rings is 1. The van der Waals surface area contributed by atoms with Gasteiger partial charge in [-0.15, -0.1) is 0 Å². The number of nitrogens with one attached hydrogen (secondary N) is 1. The van der Waals surface area contributed by atoms with Gasteiger partial charge in [0, 0.05) is 49.6 Å². The van der Waals surface area contributed by atoms with E-state index >= 15 is 0 Å². The number of hydrogen-bond acceptors (Lipinski definition) is 7. The molecule has 1 aromatic heterocycles. The van der Waals surface area contributed by atoms with Gasteiger partial charge in [0.15, 0.2) is 0 Å². The second-order valence-electron chi connectivity index (χ2n) is 9.50. The third kappa shape index (κ3) is 5.18. The van der Waals surface area contributed by atoms with Crippen LogP contribution in [0.4, 0.5) is 24.7 Å². The molecular weight excluding hydrogens is 475 g/mol. The maximum atomic E-state index is 13.3. The van der Waals surface area contributed by atoms with Crippen molar-refractivity contribution in [3.05, 3.63) is 47.4 Å². The van der Waals surface area contributed by atoms with Crippen molar-refractivity contribution in [2.24, 2.45) is 0 Å². The van der Waals surface area contributed by atoms with Gasteiger partial charge >= 0.3 is 6.18 Å². The van der Waals surface area contributed by atoms with E-state index < -0.39 is 11.7 Å². The molecule has 36 heavy (non-hydrogen) atoms. The van der Waals surface area contributed by atoms with Gasteiger partial charge in [-0.05, 0) is 44.4 Å². The molecule has 8 nitrogen and oxygen atoms in total. The van der Waals surface area contributed by atoms with Gasteiger partial charge in [-0.3, -0.25) is 9.69 Å². The number of benzene rings is 1. The summed E-state index contributed by atoms with van der Waals surface area (Å²) in [4.78, 5) is 26.1. The van der Waals surface area contributed by atoms with E-state index in [4.69, 9.17) is 9.47 Å². The van der Waals surface area contributed by atoms with Gasteiger partial charge in [0.2, 0.25) is 0 Å². The number of carbonyl (C=O) groups excluding carboxylic acids is 1. The van der Waals surface area contributed by atoms with E-state index in [0.717, 1.165) is 44.5 Å². The summed E-state index contributed by atoms with van der Waals surface area (Å²) in [6, 6.07) is 5.65. The average Bonchev–Trinajstić information content (AvgIpc) is 2.89. The number of likely N-dealkylation sites (tertiary alicyclic amines) is 1. The predicted octanol–water partition coefficient (Wildman–Crippen LogP) is 3.64. The molecule has 0 aliphatic carbocycles. The standard InChI is InChI=1S/C25H30F3N5O3/c1-16-22(29-15-30-23(16)31-18-4-2-3-17(13-18)25(26,27)28)24(34)32-8-5-19(6-9-32)33-10-12-36-21-14-35-11-7-20(21)33/h2-4,13,15,19-21H,5-12,14H2,1H3,(H,29,30,31)/t20-,21+/m1/s1. The highest BCUT2D eigenvalue weighted by Gasteiger charge is 2.39. The molecule has 194 valence electrons. The lowest BCUT2D eigenvalue weighted by Gasteiger charge is -2.49. The molecule has 3 fully saturated rings. The molecule has 3 aliphatic rings. The Morgan fingerprint density at radius 3 is 2.69 bits per heavy atom. The van der Waals surface area contributed by atoms with Crippen LogP contribution < -0.4 is 5.32 Å². The Morgan fingerprint density at radius 1 is 1.11 bits per heavy atom. The summed E-state index contributed by atoms with van der Waals surface area (Å²) in [5.41, 5.74) is 0.238. The van der Waals surface area contributed by atoms with E-state index in [-0.39, 0.29) is 23.4 Å². The first-order valence-electron chi connectivity index (χ1n) is 12.3. The summed E-state index contributed by atoms with van der Waals surface area (Å²) in [5.74, 6) is 0.118. The van der Waals surface area contributed by atoms with Crippen LogP contribution in [-0.4, -0.2) is 83.3 Å². The van der Waals surface area contributed by atoms with E-state index in [1.807, 2.05) is 4.90 Å². The molecule has 0 spiro atoms. The van der Waals surface area contributed by atoms with E-state index in [2.05, 4.69) is 20.2 Å². The van der Waals surface area contributed by atoms with Crippen LogP contribution in [0.15, 0.2) is 30.6 Å². The van der Waals surface area contributed by atoms with Gasteiger partial charge in [0.1, 0.15) is 17.8 Å². The van der Waals surface area contributed by atoms with Gasteiger partial charge in [0.25, 0.3) is 5.91 Å². The highest BCUT2D eigenvalue weighted by molar-refractivity contribution is 5.95. The Morgan fingerprint density at radius 2 is 1.92 bits per heavy atom. The average molecular weight is 506 g/mol. The summed E-state index contributed by atoms with van der Waals surface area (Å²) in [7, 11) is 0. The molecule has 5 rings (SSSR count). The first-order valence-corrected chi connectivity index (χ1v) is 12.3. The van der Waals surface area contributed by atoms with Crippen molar-refractivity contribution in [3.8, 4) is 0 Å². The molecular formula is C25H30F3N5O3. The van der Waals surface area contributed by atoms with Crippen LogP contribution in [-0.2, 0) is 15.7 Å². The first kappa shape index (κ1) is 24.9. The van der Waals surface area contributed by atoms with Crippen molar-refractivity contribution in [1.82, 2.24) is 19.8 Å². The van der Waals surface area contributed by atoms with Crippen molar-refractivity contribution >= 4 is 17.4 Å². The maximum Gasteiger partial charge on any atom is 0.416 e. The molecule has 11 heteroatoms. The molecule has 0 bridgehead atoms. The van der Waals surface area contributed by atoms with Gasteiger partial charge in [-0.2, -0.15) is 13.2 Å². The Kier molecular flexibility index (Phi) is 7.14. The number of fused-ring (bicyclic) bond motifs is 1. The number of morpholine rings is 1. The third-order valence-electron chi connectivity index (χ3n) is 7.34. The molecule has 1 aromatic carbocycles. The van der Waals surface area contributed by atoms with Crippen LogP contribution in [0.1, 0.15) is 40.9 Å². The number of hydrogen-bond donors (Lipinski definition) is 1. The number of anilines is 2. The monoisotopic (exact) mass is 505 g/mol.